The predicted octanol–water partition coefficient (Wildman–Crippen LogP) is 4.25. The first kappa shape index (κ1) is 20.4. The van der Waals surface area contributed by atoms with E-state index in [2.05, 4.69) is 20.4 Å². The molecule has 1 N–H and O–H groups in total. The van der Waals surface area contributed by atoms with Crippen LogP contribution in [0.3, 0.4) is 0 Å². The lowest BCUT2D eigenvalue weighted by Gasteiger charge is -2.26. The van der Waals surface area contributed by atoms with Crippen LogP contribution in [0.1, 0.15) is 32.1 Å². The van der Waals surface area contributed by atoms with Crippen molar-refractivity contribution in [2.45, 2.75) is 50.4 Å². The summed E-state index contributed by atoms with van der Waals surface area (Å²) in [5.41, 5.74) is -0.118. The van der Waals surface area contributed by atoms with Crippen molar-refractivity contribution in [1.82, 2.24) is 15.1 Å². The Morgan fingerprint density at radius 3 is 2.47 bits per heavy atom. The van der Waals surface area contributed by atoms with Crippen LogP contribution in [0, 0.1) is 35.2 Å². The lowest BCUT2D eigenvalue weighted by molar-refractivity contribution is 0.0854. The number of hydrogen-bond acceptors (Lipinski definition) is 5. The summed E-state index contributed by atoms with van der Waals surface area (Å²) in [5.74, 6) is -0.483. The van der Waals surface area contributed by atoms with Gasteiger partial charge in [0.25, 0.3) is 0 Å². The van der Waals surface area contributed by atoms with E-state index in [4.69, 9.17) is 4.74 Å². The highest BCUT2D eigenvalue weighted by Crippen LogP contribution is 2.43. The van der Waals surface area contributed by atoms with E-state index in [1.54, 1.807) is 12.1 Å². The average Bonchev–Trinajstić information content (AvgIpc) is 3.53. The van der Waals surface area contributed by atoms with Crippen LogP contribution in [0.5, 0.6) is 0 Å². The van der Waals surface area contributed by atoms with Crippen molar-refractivity contribution in [3.8, 4) is 11.3 Å². The molecule has 5 nitrogen and oxygen atoms in total. The summed E-state index contributed by atoms with van der Waals surface area (Å²) in [6, 6.07) is 5.02. The number of aromatic nitrogens is 2. The van der Waals surface area contributed by atoms with Gasteiger partial charge in [-0.25, -0.2) is 13.2 Å². The molecule has 4 heterocycles. The Bertz CT molecular complexity index is 989. The molecule has 1 aromatic carbocycles. The Hall–Kier alpha value is -2.19. The number of ether oxygens (including phenoxy) is 1. The highest BCUT2D eigenvalue weighted by molar-refractivity contribution is 5.60. The zero-order valence-corrected chi connectivity index (χ0v) is 17.8. The maximum Gasteiger partial charge on any atom is 0.168 e. The van der Waals surface area contributed by atoms with Gasteiger partial charge in [0.05, 0.1) is 17.9 Å². The third kappa shape index (κ3) is 3.77. The molecule has 6 rings (SSSR count). The molecule has 32 heavy (non-hydrogen) atoms. The first-order chi connectivity index (χ1) is 15.5. The fourth-order valence-electron chi connectivity index (χ4n) is 6.44. The molecule has 2 bridgehead atoms. The molecule has 4 aliphatic rings. The second kappa shape index (κ2) is 7.99. The summed E-state index contributed by atoms with van der Waals surface area (Å²) in [4.78, 5) is 2.64. The van der Waals surface area contributed by atoms with Gasteiger partial charge < -0.3 is 15.0 Å². The molecule has 1 aromatic heterocycles. The number of nitrogens with one attached hydrogen (secondary N) is 1. The first-order valence-corrected chi connectivity index (χ1v) is 11.6. The zero-order valence-electron chi connectivity index (χ0n) is 17.8. The maximum absolute atomic E-state index is 14.0. The Labute approximate surface area is 185 Å². The van der Waals surface area contributed by atoms with Crippen molar-refractivity contribution in [2.24, 2.45) is 17.8 Å². The minimum Gasteiger partial charge on any atom is -0.375 e. The van der Waals surface area contributed by atoms with Crippen molar-refractivity contribution in [3.05, 3.63) is 41.7 Å². The third-order valence-corrected chi connectivity index (χ3v) is 7.84. The molecule has 0 amide bonds. The van der Waals surface area contributed by atoms with Gasteiger partial charge in [0.15, 0.2) is 11.6 Å². The Kier molecular flexibility index (Phi) is 5.10. The van der Waals surface area contributed by atoms with Crippen molar-refractivity contribution in [2.75, 3.05) is 25.0 Å². The van der Waals surface area contributed by atoms with E-state index in [-0.39, 0.29) is 11.3 Å². The van der Waals surface area contributed by atoms with E-state index in [0.29, 0.717) is 47.9 Å². The molecular weight excluding hydrogens is 417 g/mol. The summed E-state index contributed by atoms with van der Waals surface area (Å²) in [5, 5.41) is 11.6. The molecule has 3 unspecified atom stereocenters. The summed E-state index contributed by atoms with van der Waals surface area (Å²) < 4.78 is 47.0. The van der Waals surface area contributed by atoms with Gasteiger partial charge in [-0.3, -0.25) is 0 Å². The lowest BCUT2D eigenvalue weighted by Crippen LogP contribution is -2.33. The van der Waals surface area contributed by atoms with Crippen LogP contribution in [0.15, 0.2) is 24.3 Å². The highest BCUT2D eigenvalue weighted by Gasteiger charge is 2.45. The molecule has 3 aliphatic heterocycles. The fraction of sp³-hybridized carbons (Fsp3) is 0.583. The number of hydrogen-bond donors (Lipinski definition) is 1. The van der Waals surface area contributed by atoms with Gasteiger partial charge in [0, 0.05) is 43.2 Å². The van der Waals surface area contributed by atoms with E-state index in [0.717, 1.165) is 32.0 Å². The van der Waals surface area contributed by atoms with E-state index < -0.39 is 17.5 Å². The first-order valence-electron chi connectivity index (χ1n) is 11.6. The number of likely N-dealkylation sites (tertiary alicyclic amines) is 1. The number of anilines is 1. The highest BCUT2D eigenvalue weighted by atomic mass is 19.2. The van der Waals surface area contributed by atoms with Crippen molar-refractivity contribution < 1.29 is 17.9 Å². The van der Waals surface area contributed by atoms with Crippen molar-refractivity contribution in [1.29, 1.82) is 0 Å². The number of fused-ring (bicyclic) bond motifs is 3. The molecule has 2 aromatic rings. The van der Waals surface area contributed by atoms with Gasteiger partial charge in [-0.15, -0.1) is 10.2 Å². The summed E-state index contributed by atoms with van der Waals surface area (Å²) >= 11 is 0. The van der Waals surface area contributed by atoms with Crippen LogP contribution in [-0.2, 0) is 4.74 Å². The molecule has 1 aliphatic carbocycles. The predicted molar refractivity (Wildman–Crippen MR) is 113 cm³/mol. The van der Waals surface area contributed by atoms with Gasteiger partial charge in [-0.05, 0) is 62.1 Å². The van der Waals surface area contributed by atoms with Crippen LogP contribution < -0.4 is 5.32 Å². The van der Waals surface area contributed by atoms with E-state index >= 15 is 0 Å². The molecular formula is C24H27F3N4O. The quantitative estimate of drug-likeness (QED) is 0.699. The van der Waals surface area contributed by atoms with Crippen LogP contribution in [0.25, 0.3) is 11.3 Å². The summed E-state index contributed by atoms with van der Waals surface area (Å²) in [6.07, 6.45) is 6.93. The second-order valence-electron chi connectivity index (χ2n) is 9.97. The number of rotatable bonds is 5. The van der Waals surface area contributed by atoms with Crippen LogP contribution in [0.4, 0.5) is 19.0 Å². The van der Waals surface area contributed by atoms with Gasteiger partial charge >= 0.3 is 0 Å². The van der Waals surface area contributed by atoms with Crippen molar-refractivity contribution >= 4 is 5.82 Å². The van der Waals surface area contributed by atoms with Gasteiger partial charge in [-0.2, -0.15) is 0 Å². The molecule has 1 saturated carbocycles. The van der Waals surface area contributed by atoms with E-state index in [1.807, 2.05) is 0 Å². The largest absolute Gasteiger partial charge is 0.375 e. The number of nitrogens with zero attached hydrogens (tertiary/aromatic N) is 3. The Balaban J connectivity index is 1.04. The Morgan fingerprint density at radius 1 is 1.00 bits per heavy atom. The van der Waals surface area contributed by atoms with Gasteiger partial charge in [0.1, 0.15) is 11.6 Å². The minimum atomic E-state index is -1.23. The van der Waals surface area contributed by atoms with Crippen LogP contribution in [-0.4, -0.2) is 53.0 Å². The number of benzene rings is 1. The molecule has 170 valence electrons. The average molecular weight is 445 g/mol. The normalized spacial score (nSPS) is 33.7. The molecule has 3 saturated heterocycles. The van der Waals surface area contributed by atoms with E-state index in [9.17, 15) is 13.2 Å². The van der Waals surface area contributed by atoms with Crippen LogP contribution >= 0.6 is 0 Å². The fourth-order valence-corrected chi connectivity index (χ4v) is 6.44. The molecule has 4 fully saturated rings. The molecule has 6 atom stereocenters. The third-order valence-electron chi connectivity index (χ3n) is 7.84. The summed E-state index contributed by atoms with van der Waals surface area (Å²) in [6.45, 7) is 3.49. The number of halogens is 3. The van der Waals surface area contributed by atoms with Crippen LogP contribution in [0.2, 0.25) is 0 Å². The van der Waals surface area contributed by atoms with Crippen molar-refractivity contribution in [3.63, 3.8) is 0 Å². The zero-order chi connectivity index (χ0) is 21.8. The molecule has 0 radical (unpaired) electrons. The topological polar surface area (TPSA) is 50.3 Å². The molecule has 0 spiro atoms. The van der Waals surface area contributed by atoms with Gasteiger partial charge in [0.2, 0.25) is 0 Å². The minimum absolute atomic E-state index is 0.106. The van der Waals surface area contributed by atoms with E-state index in [1.165, 1.54) is 25.8 Å². The summed E-state index contributed by atoms with van der Waals surface area (Å²) in [7, 11) is 0. The second-order valence-corrected chi connectivity index (χ2v) is 9.97. The monoisotopic (exact) mass is 444 g/mol. The Morgan fingerprint density at radius 2 is 1.81 bits per heavy atom. The SMILES string of the molecule is Fc1cc(F)c(F)c(-c2ccc(NC3C[C@@H]4CN(C[C@@H]5CC6CCC5O6)C[C@@H]4C3)nn2)c1. The smallest absolute Gasteiger partial charge is 0.168 e. The molecule has 8 heteroatoms. The standard InChI is InChI=1S/C24H27F3N4O/c25-16-8-19(24(27)20(26)9-16)21-2-4-23(30-29-21)28-17-5-13-10-31(11-14(13)6-17)12-15-7-18-1-3-22(15)32-18/h2,4,8-9,13-15,17-18,22H,1,3,5-7,10-12H2,(H,28,30)/t13-,14+,15-,17?,18?,22?/m0/s1. The van der Waals surface area contributed by atoms with Gasteiger partial charge in [-0.1, -0.05) is 0 Å². The maximum atomic E-state index is 14.0. The lowest BCUT2D eigenvalue weighted by atomic mass is 9.89.